The van der Waals surface area contributed by atoms with Gasteiger partial charge in [-0.2, -0.15) is 0 Å². The van der Waals surface area contributed by atoms with Crippen molar-refractivity contribution in [3.8, 4) is 0 Å². The van der Waals surface area contributed by atoms with Crippen LogP contribution >= 0.6 is 0 Å². The van der Waals surface area contributed by atoms with E-state index in [1.807, 2.05) is 107 Å². The van der Waals surface area contributed by atoms with Gasteiger partial charge in [-0.1, -0.05) is 85.7 Å². The Morgan fingerprint density at radius 1 is 0.683 bits per heavy atom. The van der Waals surface area contributed by atoms with Crippen molar-refractivity contribution in [3.05, 3.63) is 54.6 Å². The van der Waals surface area contributed by atoms with Gasteiger partial charge in [-0.05, 0) is 69.3 Å². The highest BCUT2D eigenvalue weighted by molar-refractivity contribution is 6.50. The Morgan fingerprint density at radius 3 is 1.59 bits per heavy atom. The van der Waals surface area contributed by atoms with E-state index in [-0.39, 0.29) is 49.5 Å². The molecular formula is C43H70BF4N7O8. The average molecular weight is 900 g/mol. The quantitative estimate of drug-likeness (QED) is 0.0471. The fourth-order valence-electron chi connectivity index (χ4n) is 6.18. The van der Waals surface area contributed by atoms with Crippen molar-refractivity contribution in [2.45, 2.75) is 144 Å². The van der Waals surface area contributed by atoms with E-state index in [0.29, 0.717) is 13.0 Å². The molecule has 2 rings (SSSR count). The Balaban J connectivity index is 0.00000374. The highest BCUT2D eigenvalue weighted by atomic mass is 19.5. The van der Waals surface area contributed by atoms with E-state index < -0.39 is 78.8 Å². The van der Waals surface area contributed by atoms with Gasteiger partial charge in [0.05, 0.1) is 7.05 Å². The second-order valence-electron chi connectivity index (χ2n) is 18.2. The molecule has 1 heterocycles. The number of hydrogen-bond acceptors (Lipinski definition) is 8. The summed E-state index contributed by atoms with van der Waals surface area (Å²) in [6, 6.07) is 4.00. The molecule has 15 nitrogen and oxygen atoms in total. The fourth-order valence-corrected chi connectivity index (χ4v) is 6.18. The zero-order valence-electron chi connectivity index (χ0n) is 38.8. The molecule has 5 atom stereocenters. The molecule has 2 aromatic rings. The van der Waals surface area contributed by atoms with Crippen molar-refractivity contribution in [2.75, 3.05) is 6.61 Å². The molecule has 0 bridgehead atoms. The third-order valence-electron chi connectivity index (χ3n) is 8.94. The van der Waals surface area contributed by atoms with Gasteiger partial charge >= 0.3 is 19.3 Å². The Morgan fingerprint density at radius 2 is 1.14 bits per heavy atom. The van der Waals surface area contributed by atoms with E-state index >= 15 is 0 Å². The number of carbonyl (C=O) groups is 6. The summed E-state index contributed by atoms with van der Waals surface area (Å²) in [6.45, 7) is 20.8. The molecule has 0 aliphatic heterocycles. The lowest BCUT2D eigenvalue weighted by Gasteiger charge is -2.29. The molecular weight excluding hydrogens is 829 g/mol. The first kappa shape index (κ1) is 55.9. The van der Waals surface area contributed by atoms with Gasteiger partial charge in [0, 0.05) is 6.42 Å². The highest BCUT2D eigenvalue weighted by Crippen LogP contribution is 2.14. The molecule has 356 valence electrons. The number of amides is 5. The van der Waals surface area contributed by atoms with E-state index in [9.17, 15) is 46.0 Å². The van der Waals surface area contributed by atoms with Crippen LogP contribution in [0.15, 0.2) is 49.1 Å². The normalized spacial score (nSPS) is 14.1. The number of nitrogens with zero attached hydrogens (tertiary/aromatic N) is 2. The summed E-state index contributed by atoms with van der Waals surface area (Å²) >= 11 is 0. The lowest BCUT2D eigenvalue weighted by Crippen LogP contribution is -2.60. The number of benzene rings is 1. The van der Waals surface area contributed by atoms with Crippen LogP contribution in [0.1, 0.15) is 101 Å². The minimum absolute atomic E-state index is 0.0311. The van der Waals surface area contributed by atoms with E-state index in [1.165, 1.54) is 0 Å². The van der Waals surface area contributed by atoms with Gasteiger partial charge < -0.3 is 53.3 Å². The maximum absolute atomic E-state index is 14.0. The number of alkyl carbamates (subject to hydrolysis) is 1. The molecule has 5 amide bonds. The number of hydrogen-bond donors (Lipinski definition) is 5. The van der Waals surface area contributed by atoms with E-state index in [4.69, 9.17) is 9.47 Å². The smallest absolute Gasteiger partial charge is 0.460 e. The Hall–Kier alpha value is -5.17. The minimum atomic E-state index is -6.00. The molecule has 63 heavy (non-hydrogen) atoms. The van der Waals surface area contributed by atoms with Gasteiger partial charge in [0.2, 0.25) is 30.0 Å². The Labute approximate surface area is 369 Å². The van der Waals surface area contributed by atoms with Crippen molar-refractivity contribution in [1.29, 1.82) is 0 Å². The summed E-state index contributed by atoms with van der Waals surface area (Å²) in [6.07, 6.45) is 5.78. The minimum Gasteiger partial charge on any atom is -0.460 e. The van der Waals surface area contributed by atoms with Crippen LogP contribution in [0, 0.1) is 23.7 Å². The first-order chi connectivity index (χ1) is 29.0. The molecule has 0 radical (unpaired) electrons. The Kier molecular flexibility index (Phi) is 23.5. The average Bonchev–Trinajstić information content (AvgIpc) is 3.55. The lowest BCUT2D eigenvalue weighted by atomic mass is 9.97. The molecule has 0 saturated carbocycles. The van der Waals surface area contributed by atoms with Crippen molar-refractivity contribution in [2.24, 2.45) is 30.7 Å². The number of aromatic nitrogens is 2. The maximum atomic E-state index is 14.0. The molecule has 0 fully saturated rings. The fraction of sp³-hybridized carbons (Fsp3) is 0.651. The van der Waals surface area contributed by atoms with Gasteiger partial charge in [0.1, 0.15) is 61.4 Å². The van der Waals surface area contributed by atoms with E-state index in [1.54, 1.807) is 34.6 Å². The number of ether oxygens (including phenoxy) is 2. The maximum Gasteiger partial charge on any atom is 0.673 e. The first-order valence-corrected chi connectivity index (χ1v) is 21.3. The molecule has 20 heteroatoms. The van der Waals surface area contributed by atoms with E-state index in [2.05, 4.69) is 26.6 Å². The molecule has 0 unspecified atom stereocenters. The number of esters is 1. The second kappa shape index (κ2) is 26.5. The second-order valence-corrected chi connectivity index (χ2v) is 18.2. The number of carbonyl (C=O) groups excluding carboxylic acids is 6. The van der Waals surface area contributed by atoms with E-state index in [0.717, 1.165) is 5.56 Å². The predicted molar refractivity (Wildman–Crippen MR) is 231 cm³/mol. The number of halogens is 4. The van der Waals surface area contributed by atoms with Crippen molar-refractivity contribution in [3.63, 3.8) is 0 Å². The third-order valence-corrected chi connectivity index (χ3v) is 8.94. The van der Waals surface area contributed by atoms with Crippen molar-refractivity contribution in [1.82, 2.24) is 31.2 Å². The van der Waals surface area contributed by atoms with Gasteiger partial charge in [-0.15, -0.1) is 0 Å². The van der Waals surface area contributed by atoms with Crippen LogP contribution in [0.3, 0.4) is 0 Å². The summed E-state index contributed by atoms with van der Waals surface area (Å²) in [5, 5.41) is 14.0. The molecule has 0 aliphatic rings. The molecule has 0 aliphatic carbocycles. The third kappa shape index (κ3) is 24.9. The van der Waals surface area contributed by atoms with Crippen LogP contribution in [-0.4, -0.2) is 89.9 Å². The van der Waals surface area contributed by atoms with Crippen LogP contribution in [0.25, 0.3) is 0 Å². The summed E-state index contributed by atoms with van der Waals surface area (Å²) in [5.41, 5.74) is -0.0153. The van der Waals surface area contributed by atoms with Crippen LogP contribution < -0.4 is 31.2 Å². The first-order valence-electron chi connectivity index (χ1n) is 21.3. The van der Waals surface area contributed by atoms with Gasteiger partial charge in [0.25, 0.3) is 0 Å². The van der Waals surface area contributed by atoms with Crippen LogP contribution in [0.4, 0.5) is 22.1 Å². The highest BCUT2D eigenvalue weighted by Gasteiger charge is 2.35. The number of imidazole rings is 1. The van der Waals surface area contributed by atoms with Gasteiger partial charge in [-0.25, -0.2) is 18.7 Å². The van der Waals surface area contributed by atoms with Crippen molar-refractivity contribution >= 4 is 42.9 Å². The summed E-state index contributed by atoms with van der Waals surface area (Å²) in [5.74, 6) is -3.27. The summed E-state index contributed by atoms with van der Waals surface area (Å²) in [7, 11) is -4.11. The molecule has 0 saturated heterocycles. The number of rotatable bonds is 22. The monoisotopic (exact) mass is 900 g/mol. The van der Waals surface area contributed by atoms with Gasteiger partial charge in [-0.3, -0.25) is 19.2 Å². The van der Waals surface area contributed by atoms with Crippen LogP contribution in [-0.2, 0) is 53.5 Å². The number of nitrogens with one attached hydrogen (secondary N) is 5. The largest absolute Gasteiger partial charge is 0.673 e. The van der Waals surface area contributed by atoms with Crippen molar-refractivity contribution < 1.29 is 60.1 Å². The van der Waals surface area contributed by atoms with Crippen LogP contribution in [0.5, 0.6) is 0 Å². The molecule has 1 aromatic carbocycles. The molecule has 1 aromatic heterocycles. The predicted octanol–water partition coefficient (Wildman–Crippen LogP) is 5.03. The summed E-state index contributed by atoms with van der Waals surface area (Å²) < 4.78 is 53.7. The van der Waals surface area contributed by atoms with Gasteiger partial charge in [0.15, 0.2) is 0 Å². The SMILES string of the molecule is CC(C)C[C@H](NC(=O)[C@H](Cc1ccccc1)NC(=O)OC(C)(C)C)C(=O)N[C@@H](CC(C)C)C(=O)N[C@H](C(=O)N[C@@H](CC(C)C)C(=O)OCCn1cc[n+](C)c1)C(C)C.F[B-](F)(F)F. The number of aryl methyl sites for hydroxylation is 1. The molecule has 5 N–H and O–H groups in total. The lowest BCUT2D eigenvalue weighted by molar-refractivity contribution is -0.671. The summed E-state index contributed by atoms with van der Waals surface area (Å²) in [4.78, 5) is 81.6. The van der Waals surface area contributed by atoms with Crippen LogP contribution in [0.2, 0.25) is 0 Å². The zero-order valence-corrected chi connectivity index (χ0v) is 38.8. The topological polar surface area (TPSA) is 190 Å². The zero-order chi connectivity index (χ0) is 48.2. The standard InChI is InChI=1S/C43H69N7O8.BF4/c1-27(2)22-32(44-38(52)34(25-31-16-14-13-15-17-31)47-42(56)58-43(9,10)11)37(51)45-33(23-28(3)4)39(53)48-36(30(7)8)40(54)46-35(24-29(5)6)41(55)57-21-20-50-19-18-49(12)26-50;2-1(3,4)5/h13-19,26-30,32-36H,20-25H2,1-12H3,(H4-,44,45,46,47,48,51,52,53,54,56);/q;-1/p+1/t32-,33-,34-,35-,36-;/m0./s1. The Bertz CT molecular complexity index is 1750. The molecule has 0 spiro atoms.